The van der Waals surface area contributed by atoms with Crippen LogP contribution in [-0.4, -0.2) is 29.2 Å². The first-order valence-electron chi connectivity index (χ1n) is 8.98. The van der Waals surface area contributed by atoms with Crippen LogP contribution in [-0.2, 0) is 20.5 Å². The highest BCUT2D eigenvalue weighted by atomic mass is 16.7. The number of amides is 1. The summed E-state index contributed by atoms with van der Waals surface area (Å²) in [4.78, 5) is 17.8. The number of nitrogens with zero attached hydrogens (tertiary/aromatic N) is 1. The number of hydroxylamine groups is 2. The van der Waals surface area contributed by atoms with E-state index in [4.69, 9.17) is 4.84 Å². The Morgan fingerprint density at radius 1 is 1.12 bits per heavy atom. The average Bonchev–Trinajstić information content (AvgIpc) is 2.80. The van der Waals surface area contributed by atoms with Crippen LogP contribution in [0.25, 0.3) is 6.08 Å². The minimum atomic E-state index is -0.185. The summed E-state index contributed by atoms with van der Waals surface area (Å²) in [5, 5.41) is 12.2. The summed E-state index contributed by atoms with van der Waals surface area (Å²) in [6, 6.07) is 3.99. The molecule has 0 saturated carbocycles. The summed E-state index contributed by atoms with van der Waals surface area (Å²) in [5.41, 5.74) is 3.14. The van der Waals surface area contributed by atoms with Gasteiger partial charge in [0, 0.05) is 16.7 Å². The normalized spacial score (nSPS) is 17.6. The Labute approximate surface area is 151 Å². The Bertz CT molecular complexity index is 655. The monoisotopic (exact) mass is 345 g/mol. The molecule has 25 heavy (non-hydrogen) atoms. The minimum Gasteiger partial charge on any atom is -0.507 e. The molecule has 138 valence electrons. The minimum absolute atomic E-state index is 0.0652. The molecular formula is C21H31NO3. The molecule has 1 amide bonds. The lowest BCUT2D eigenvalue weighted by atomic mass is 9.78. The molecule has 1 N–H and O–H groups in total. The summed E-state index contributed by atoms with van der Waals surface area (Å²) in [6.07, 6.45) is 2.61. The van der Waals surface area contributed by atoms with Crippen LogP contribution < -0.4 is 0 Å². The fraction of sp³-hybridized carbons (Fsp3) is 0.571. The SMILES string of the molecule is CCON1CC/C(=C/c2cc(C(C)(C)C)c(O)c(C(C)(C)C)c2)C1=O. The Morgan fingerprint density at radius 3 is 2.08 bits per heavy atom. The number of phenols is 1. The van der Waals surface area contributed by atoms with Gasteiger partial charge in [0.2, 0.25) is 0 Å². The zero-order valence-corrected chi connectivity index (χ0v) is 16.6. The van der Waals surface area contributed by atoms with E-state index < -0.39 is 0 Å². The van der Waals surface area contributed by atoms with Crippen LogP contribution in [0.15, 0.2) is 17.7 Å². The quantitative estimate of drug-likeness (QED) is 0.817. The highest BCUT2D eigenvalue weighted by Crippen LogP contribution is 2.40. The van der Waals surface area contributed by atoms with Gasteiger partial charge in [-0.3, -0.25) is 9.63 Å². The number of hydrogen-bond donors (Lipinski definition) is 1. The number of benzene rings is 1. The predicted molar refractivity (Wildman–Crippen MR) is 101 cm³/mol. The Balaban J connectivity index is 2.52. The molecule has 0 spiro atoms. The molecule has 0 radical (unpaired) electrons. The van der Waals surface area contributed by atoms with Gasteiger partial charge >= 0.3 is 0 Å². The van der Waals surface area contributed by atoms with Crippen molar-refractivity contribution in [1.82, 2.24) is 5.06 Å². The topological polar surface area (TPSA) is 49.8 Å². The summed E-state index contributed by atoms with van der Waals surface area (Å²) < 4.78 is 0. The van der Waals surface area contributed by atoms with E-state index in [-0.39, 0.29) is 16.7 Å². The molecule has 4 heteroatoms. The summed E-state index contributed by atoms with van der Waals surface area (Å²) >= 11 is 0. The van der Waals surface area contributed by atoms with E-state index in [1.807, 2.05) is 25.1 Å². The maximum absolute atomic E-state index is 12.4. The summed E-state index contributed by atoms with van der Waals surface area (Å²) in [7, 11) is 0. The molecule has 0 aliphatic carbocycles. The lowest BCUT2D eigenvalue weighted by Crippen LogP contribution is -2.25. The van der Waals surface area contributed by atoms with Crippen molar-refractivity contribution in [2.24, 2.45) is 0 Å². The molecule has 1 aromatic carbocycles. The second-order valence-corrected chi connectivity index (χ2v) is 8.71. The lowest BCUT2D eigenvalue weighted by molar-refractivity contribution is -0.173. The first-order chi connectivity index (χ1) is 11.4. The van der Waals surface area contributed by atoms with Gasteiger partial charge in [-0.05, 0) is 47.9 Å². The van der Waals surface area contributed by atoms with E-state index in [0.29, 0.717) is 25.3 Å². The van der Waals surface area contributed by atoms with Crippen LogP contribution in [0.1, 0.15) is 71.6 Å². The van der Waals surface area contributed by atoms with Crippen LogP contribution in [0.5, 0.6) is 5.75 Å². The molecule has 1 aromatic rings. The van der Waals surface area contributed by atoms with E-state index in [9.17, 15) is 9.90 Å². The number of carbonyl (C=O) groups excluding carboxylic acids is 1. The molecule has 4 nitrogen and oxygen atoms in total. The standard InChI is InChI=1S/C21H31NO3/c1-8-25-22-10-9-15(19(22)24)11-14-12-16(20(2,3)4)18(23)17(13-14)21(5,6)7/h11-13,23H,8-10H2,1-7H3/b15-11-. The smallest absolute Gasteiger partial charge is 0.273 e. The zero-order valence-electron chi connectivity index (χ0n) is 16.6. The van der Waals surface area contributed by atoms with Gasteiger partial charge in [0.15, 0.2) is 0 Å². The highest BCUT2D eigenvalue weighted by Gasteiger charge is 2.29. The Hall–Kier alpha value is -1.81. The maximum Gasteiger partial charge on any atom is 0.273 e. The van der Waals surface area contributed by atoms with Gasteiger partial charge in [-0.25, -0.2) is 5.06 Å². The molecule has 2 rings (SSSR count). The number of phenolic OH excluding ortho intramolecular Hbond substituents is 1. The molecular weight excluding hydrogens is 314 g/mol. The van der Waals surface area contributed by atoms with Gasteiger partial charge < -0.3 is 5.11 Å². The number of aromatic hydroxyl groups is 1. The molecule has 0 aromatic heterocycles. The molecule has 0 bridgehead atoms. The van der Waals surface area contributed by atoms with Crippen LogP contribution in [0, 0.1) is 0 Å². The van der Waals surface area contributed by atoms with E-state index in [1.54, 1.807) is 0 Å². The van der Waals surface area contributed by atoms with Gasteiger partial charge in [-0.1, -0.05) is 41.5 Å². The molecule has 1 aliphatic heterocycles. The largest absolute Gasteiger partial charge is 0.507 e. The lowest BCUT2D eigenvalue weighted by Gasteiger charge is -2.28. The van der Waals surface area contributed by atoms with Gasteiger partial charge in [-0.2, -0.15) is 0 Å². The molecule has 0 atom stereocenters. The van der Waals surface area contributed by atoms with Crippen molar-refractivity contribution in [1.29, 1.82) is 0 Å². The van der Waals surface area contributed by atoms with Crippen molar-refractivity contribution in [2.45, 2.75) is 65.7 Å². The van der Waals surface area contributed by atoms with Crippen molar-refractivity contribution in [2.75, 3.05) is 13.2 Å². The zero-order chi connectivity index (χ0) is 19.0. The van der Waals surface area contributed by atoms with Crippen LogP contribution >= 0.6 is 0 Å². The van der Waals surface area contributed by atoms with Gasteiger partial charge in [0.25, 0.3) is 5.91 Å². The number of rotatable bonds is 3. The van der Waals surface area contributed by atoms with Crippen molar-refractivity contribution < 1.29 is 14.7 Å². The first-order valence-corrected chi connectivity index (χ1v) is 8.98. The average molecular weight is 345 g/mol. The third-order valence-corrected chi connectivity index (χ3v) is 4.46. The van der Waals surface area contributed by atoms with Crippen molar-refractivity contribution in [3.8, 4) is 5.75 Å². The summed E-state index contributed by atoms with van der Waals surface area (Å²) in [5.74, 6) is 0.292. The van der Waals surface area contributed by atoms with Crippen molar-refractivity contribution in [3.63, 3.8) is 0 Å². The Morgan fingerprint density at radius 2 is 1.64 bits per heavy atom. The van der Waals surface area contributed by atoms with Crippen LogP contribution in [0.3, 0.4) is 0 Å². The van der Waals surface area contributed by atoms with E-state index in [1.165, 1.54) is 5.06 Å². The van der Waals surface area contributed by atoms with Crippen molar-refractivity contribution in [3.05, 3.63) is 34.4 Å². The first kappa shape index (κ1) is 19.5. The van der Waals surface area contributed by atoms with Gasteiger partial charge in [-0.15, -0.1) is 0 Å². The Kier molecular flexibility index (Phi) is 5.33. The third-order valence-electron chi connectivity index (χ3n) is 4.46. The van der Waals surface area contributed by atoms with E-state index in [2.05, 4.69) is 41.5 Å². The highest BCUT2D eigenvalue weighted by molar-refractivity contribution is 5.99. The van der Waals surface area contributed by atoms with Crippen LogP contribution in [0.4, 0.5) is 0 Å². The second-order valence-electron chi connectivity index (χ2n) is 8.71. The van der Waals surface area contributed by atoms with Gasteiger partial charge in [0.1, 0.15) is 5.75 Å². The van der Waals surface area contributed by atoms with Gasteiger partial charge in [0.05, 0.1) is 13.2 Å². The molecule has 1 saturated heterocycles. The van der Waals surface area contributed by atoms with Crippen molar-refractivity contribution >= 4 is 12.0 Å². The fourth-order valence-electron chi connectivity index (χ4n) is 3.09. The molecule has 1 fully saturated rings. The van der Waals surface area contributed by atoms with Crippen LogP contribution in [0.2, 0.25) is 0 Å². The van der Waals surface area contributed by atoms with E-state index in [0.717, 1.165) is 22.3 Å². The number of carbonyl (C=O) groups is 1. The second kappa shape index (κ2) is 6.83. The molecule has 1 heterocycles. The fourth-order valence-corrected chi connectivity index (χ4v) is 3.09. The third kappa shape index (κ3) is 4.24. The number of hydrogen-bond acceptors (Lipinski definition) is 3. The predicted octanol–water partition coefficient (Wildman–Crippen LogP) is 4.55. The van der Waals surface area contributed by atoms with E-state index >= 15 is 0 Å². The molecule has 0 unspecified atom stereocenters. The maximum atomic E-state index is 12.4. The summed E-state index contributed by atoms with van der Waals surface area (Å²) in [6.45, 7) is 15.5. The molecule has 1 aliphatic rings.